The van der Waals surface area contributed by atoms with Crippen molar-refractivity contribution in [3.63, 3.8) is 0 Å². The standard InChI is InChI=1S/C13H19BO3S/c1-12(2)13(3,4)17-14(16-12)10-6-8-11(9-7-10)18(5)15/h6-9H,1-5H3. The lowest BCUT2D eigenvalue weighted by Gasteiger charge is -2.32. The molecule has 0 N–H and O–H groups in total. The molecule has 0 aliphatic carbocycles. The van der Waals surface area contributed by atoms with Gasteiger partial charge in [0.15, 0.2) is 4.90 Å². The minimum Gasteiger partial charge on any atom is -0.612 e. The summed E-state index contributed by atoms with van der Waals surface area (Å²) in [6.45, 7) is 8.12. The van der Waals surface area contributed by atoms with Crippen LogP contribution in [-0.4, -0.2) is 29.1 Å². The van der Waals surface area contributed by atoms with Crippen molar-refractivity contribution >= 4 is 23.8 Å². The van der Waals surface area contributed by atoms with Crippen LogP contribution in [-0.2, 0) is 20.5 Å². The van der Waals surface area contributed by atoms with E-state index in [2.05, 4.69) is 0 Å². The molecule has 0 radical (unpaired) electrons. The van der Waals surface area contributed by atoms with Crippen LogP contribution >= 0.6 is 0 Å². The van der Waals surface area contributed by atoms with Crippen LogP contribution in [0.4, 0.5) is 0 Å². The maximum absolute atomic E-state index is 11.3. The lowest BCUT2D eigenvalue weighted by Crippen LogP contribution is -2.41. The summed E-state index contributed by atoms with van der Waals surface area (Å²) >= 11 is -0.951. The van der Waals surface area contributed by atoms with Crippen LogP contribution in [0.25, 0.3) is 0 Å². The Bertz CT molecular complexity index is 412. The Hall–Kier alpha value is -0.485. The predicted molar refractivity (Wildman–Crippen MR) is 74.5 cm³/mol. The van der Waals surface area contributed by atoms with Crippen LogP contribution in [0.2, 0.25) is 0 Å². The zero-order valence-corrected chi connectivity index (χ0v) is 12.3. The molecule has 0 spiro atoms. The zero-order valence-electron chi connectivity index (χ0n) is 11.5. The maximum atomic E-state index is 11.3. The van der Waals surface area contributed by atoms with Crippen LogP contribution in [0.3, 0.4) is 0 Å². The molecule has 1 atom stereocenters. The van der Waals surface area contributed by atoms with E-state index in [4.69, 9.17) is 9.31 Å². The zero-order chi connectivity index (χ0) is 13.6. The van der Waals surface area contributed by atoms with E-state index in [0.29, 0.717) is 0 Å². The van der Waals surface area contributed by atoms with E-state index in [1.54, 1.807) is 6.26 Å². The van der Waals surface area contributed by atoms with Gasteiger partial charge in [-0.15, -0.1) is 0 Å². The summed E-state index contributed by atoms with van der Waals surface area (Å²) in [5.41, 5.74) is 0.302. The van der Waals surface area contributed by atoms with Crippen LogP contribution in [0, 0.1) is 0 Å². The Morgan fingerprint density at radius 2 is 1.44 bits per heavy atom. The third-order valence-corrected chi connectivity index (χ3v) is 4.67. The summed E-state index contributed by atoms with van der Waals surface area (Å²) in [6.07, 6.45) is 1.67. The molecule has 0 aromatic heterocycles. The van der Waals surface area contributed by atoms with Gasteiger partial charge in [0, 0.05) is 0 Å². The molecule has 3 nitrogen and oxygen atoms in total. The van der Waals surface area contributed by atoms with Crippen molar-refractivity contribution in [3.8, 4) is 0 Å². The molecule has 1 fully saturated rings. The molecule has 1 heterocycles. The second-order valence-corrected chi connectivity index (χ2v) is 6.99. The molecule has 2 rings (SSSR count). The number of hydrogen-bond donors (Lipinski definition) is 0. The highest BCUT2D eigenvalue weighted by molar-refractivity contribution is 7.90. The number of rotatable bonds is 2. The summed E-state index contributed by atoms with van der Waals surface area (Å²) in [7, 11) is -0.352. The smallest absolute Gasteiger partial charge is 0.494 e. The van der Waals surface area contributed by atoms with Gasteiger partial charge in [-0.05, 0) is 56.5 Å². The van der Waals surface area contributed by atoms with E-state index in [1.165, 1.54) is 0 Å². The second kappa shape index (κ2) is 4.56. The maximum Gasteiger partial charge on any atom is 0.494 e. The van der Waals surface area contributed by atoms with Crippen LogP contribution in [0.15, 0.2) is 29.2 Å². The molecule has 1 aliphatic rings. The molecule has 1 aliphatic heterocycles. The van der Waals surface area contributed by atoms with Gasteiger partial charge in [0.1, 0.15) is 6.26 Å². The fourth-order valence-corrected chi connectivity index (χ4v) is 2.32. The molecule has 1 aromatic carbocycles. The average Bonchev–Trinajstić information content (AvgIpc) is 2.48. The van der Waals surface area contributed by atoms with Crippen molar-refractivity contribution in [3.05, 3.63) is 24.3 Å². The Labute approximate surface area is 112 Å². The van der Waals surface area contributed by atoms with Gasteiger partial charge in [0.05, 0.1) is 11.2 Å². The Kier molecular flexibility index (Phi) is 3.53. The van der Waals surface area contributed by atoms with Gasteiger partial charge in [-0.2, -0.15) is 0 Å². The molecule has 5 heteroatoms. The SMILES string of the molecule is C[S+]([O-])c1ccc(B2OC(C)(C)C(C)(C)O2)cc1. The largest absolute Gasteiger partial charge is 0.612 e. The van der Waals surface area contributed by atoms with Crippen LogP contribution in [0.1, 0.15) is 27.7 Å². The predicted octanol–water partition coefficient (Wildman–Crippen LogP) is 1.72. The van der Waals surface area contributed by atoms with Gasteiger partial charge in [0.25, 0.3) is 0 Å². The van der Waals surface area contributed by atoms with Crippen molar-refractivity contribution in [1.82, 2.24) is 0 Å². The van der Waals surface area contributed by atoms with Gasteiger partial charge in [0.2, 0.25) is 0 Å². The van der Waals surface area contributed by atoms with E-state index in [0.717, 1.165) is 10.4 Å². The van der Waals surface area contributed by atoms with Crippen molar-refractivity contribution < 1.29 is 13.9 Å². The highest BCUT2D eigenvalue weighted by atomic mass is 32.2. The van der Waals surface area contributed by atoms with E-state index in [1.807, 2.05) is 52.0 Å². The Balaban J connectivity index is 2.19. The molecular weight excluding hydrogens is 247 g/mol. The first-order valence-electron chi connectivity index (χ1n) is 6.02. The molecular formula is C13H19BO3S. The lowest BCUT2D eigenvalue weighted by molar-refractivity contribution is 0.00578. The first kappa shape index (κ1) is 13.9. The second-order valence-electron chi connectivity index (χ2n) is 5.61. The number of hydrogen-bond acceptors (Lipinski definition) is 3. The fraction of sp³-hybridized carbons (Fsp3) is 0.538. The monoisotopic (exact) mass is 266 g/mol. The molecule has 1 unspecified atom stereocenters. The van der Waals surface area contributed by atoms with Crippen LogP contribution in [0.5, 0.6) is 0 Å². The highest BCUT2D eigenvalue weighted by Gasteiger charge is 2.51. The van der Waals surface area contributed by atoms with Gasteiger partial charge in [-0.3, -0.25) is 0 Å². The molecule has 0 bridgehead atoms. The van der Waals surface area contributed by atoms with E-state index >= 15 is 0 Å². The minimum atomic E-state index is -0.951. The quantitative estimate of drug-likeness (QED) is 0.604. The van der Waals surface area contributed by atoms with Crippen LogP contribution < -0.4 is 5.46 Å². The summed E-state index contributed by atoms with van der Waals surface area (Å²) in [4.78, 5) is 0.815. The third-order valence-electron chi connectivity index (χ3n) is 3.74. The summed E-state index contributed by atoms with van der Waals surface area (Å²) in [5.74, 6) is 0. The molecule has 1 aromatic rings. The van der Waals surface area contributed by atoms with Crippen molar-refractivity contribution in [1.29, 1.82) is 0 Å². The van der Waals surface area contributed by atoms with Gasteiger partial charge >= 0.3 is 7.12 Å². The first-order chi connectivity index (χ1) is 8.23. The van der Waals surface area contributed by atoms with Crippen molar-refractivity contribution in [2.45, 2.75) is 43.8 Å². The molecule has 0 amide bonds. The van der Waals surface area contributed by atoms with Gasteiger partial charge in [-0.25, -0.2) is 0 Å². The molecule has 18 heavy (non-hydrogen) atoms. The number of benzene rings is 1. The van der Waals surface area contributed by atoms with Crippen molar-refractivity contribution in [2.75, 3.05) is 6.26 Å². The average molecular weight is 266 g/mol. The van der Waals surface area contributed by atoms with Crippen molar-refractivity contribution in [2.24, 2.45) is 0 Å². The minimum absolute atomic E-state index is 0.329. The van der Waals surface area contributed by atoms with Gasteiger partial charge in [-0.1, -0.05) is 12.1 Å². The van der Waals surface area contributed by atoms with E-state index in [-0.39, 0.29) is 18.3 Å². The molecule has 0 saturated carbocycles. The Morgan fingerprint density at radius 3 is 1.83 bits per heavy atom. The highest BCUT2D eigenvalue weighted by Crippen LogP contribution is 2.36. The first-order valence-corrected chi connectivity index (χ1v) is 7.58. The van der Waals surface area contributed by atoms with Gasteiger partial charge < -0.3 is 13.9 Å². The van der Waals surface area contributed by atoms with E-state index in [9.17, 15) is 4.55 Å². The molecule has 98 valence electrons. The summed E-state index contributed by atoms with van der Waals surface area (Å²) in [5, 5.41) is 0. The fourth-order valence-electron chi connectivity index (χ4n) is 1.80. The summed E-state index contributed by atoms with van der Waals surface area (Å²) in [6, 6.07) is 7.55. The normalized spacial score (nSPS) is 23.1. The third kappa shape index (κ3) is 2.45. The van der Waals surface area contributed by atoms with E-state index < -0.39 is 11.2 Å². The topological polar surface area (TPSA) is 41.5 Å². The lowest BCUT2D eigenvalue weighted by atomic mass is 9.79. The molecule has 1 saturated heterocycles. The summed E-state index contributed by atoms with van der Waals surface area (Å²) < 4.78 is 23.2. The Morgan fingerprint density at radius 1 is 1.00 bits per heavy atom.